The Morgan fingerprint density at radius 1 is 1.40 bits per heavy atom. The molecule has 25 heavy (non-hydrogen) atoms. The highest BCUT2D eigenvalue weighted by Crippen LogP contribution is 2.24. The van der Waals surface area contributed by atoms with E-state index in [-0.39, 0.29) is 11.5 Å². The Kier molecular flexibility index (Phi) is 7.75. The first kappa shape index (κ1) is 19.8. The number of H-pyrrole nitrogens is 1. The third-order valence-electron chi connectivity index (χ3n) is 4.89. The third-order valence-corrected chi connectivity index (χ3v) is 5.47. The molecule has 6 heteroatoms. The van der Waals surface area contributed by atoms with Gasteiger partial charge in [-0.15, -0.1) is 6.58 Å². The van der Waals surface area contributed by atoms with E-state index >= 15 is 0 Å². The van der Waals surface area contributed by atoms with E-state index in [0.717, 1.165) is 6.54 Å². The minimum atomic E-state index is -0.132. The lowest BCUT2D eigenvalue weighted by Crippen LogP contribution is -2.36. The Morgan fingerprint density at radius 2 is 2.12 bits per heavy atom. The zero-order valence-electron chi connectivity index (χ0n) is 15.3. The molecule has 1 aromatic heterocycles. The summed E-state index contributed by atoms with van der Waals surface area (Å²) in [6.07, 6.45) is 10.7. The standard InChI is InChI=1S/C19H29N3O2S/c1-4-12-22(13-15-8-6-5-7-9-15)17(23)11-10-16-14(2)20-19(25-3)21-18(16)24/h4,15H,1,5-13H2,2-3H3,(H,20,21,24). The molecule has 1 aliphatic carbocycles. The number of aromatic nitrogens is 2. The average Bonchev–Trinajstić information content (AvgIpc) is 2.61. The van der Waals surface area contributed by atoms with Crippen molar-refractivity contribution in [3.05, 3.63) is 34.3 Å². The van der Waals surface area contributed by atoms with Gasteiger partial charge in [0.15, 0.2) is 5.16 Å². The van der Waals surface area contributed by atoms with Gasteiger partial charge in [-0.1, -0.05) is 37.1 Å². The lowest BCUT2D eigenvalue weighted by molar-refractivity contribution is -0.131. The summed E-state index contributed by atoms with van der Waals surface area (Å²) in [7, 11) is 0. The molecule has 1 saturated carbocycles. The number of aryl methyl sites for hydroxylation is 1. The van der Waals surface area contributed by atoms with Crippen molar-refractivity contribution < 1.29 is 4.79 Å². The maximum Gasteiger partial charge on any atom is 0.254 e. The Bertz CT molecular complexity index is 651. The topological polar surface area (TPSA) is 66.1 Å². The summed E-state index contributed by atoms with van der Waals surface area (Å²) in [4.78, 5) is 33.9. The van der Waals surface area contributed by atoms with E-state index in [1.165, 1.54) is 43.9 Å². The Morgan fingerprint density at radius 3 is 2.72 bits per heavy atom. The molecular weight excluding hydrogens is 334 g/mol. The molecule has 2 rings (SSSR count). The van der Waals surface area contributed by atoms with Crippen molar-refractivity contribution in [2.75, 3.05) is 19.3 Å². The number of carbonyl (C=O) groups is 1. The molecule has 0 aliphatic heterocycles. The summed E-state index contributed by atoms with van der Waals surface area (Å²) in [6.45, 7) is 7.00. The Balaban J connectivity index is 1.98. The number of nitrogens with one attached hydrogen (secondary N) is 1. The fraction of sp³-hybridized carbons (Fsp3) is 0.632. The second-order valence-corrected chi connectivity index (χ2v) is 7.53. The predicted octanol–water partition coefficient (Wildman–Crippen LogP) is 3.33. The van der Waals surface area contributed by atoms with Crippen LogP contribution < -0.4 is 5.56 Å². The Labute approximate surface area is 154 Å². The van der Waals surface area contributed by atoms with Crippen LogP contribution in [0.1, 0.15) is 49.8 Å². The molecule has 138 valence electrons. The fourth-order valence-corrected chi connectivity index (χ4v) is 3.90. The van der Waals surface area contributed by atoms with Crippen LogP contribution >= 0.6 is 11.8 Å². The van der Waals surface area contributed by atoms with Crippen molar-refractivity contribution >= 4 is 17.7 Å². The Hall–Kier alpha value is -1.56. The van der Waals surface area contributed by atoms with Gasteiger partial charge < -0.3 is 9.88 Å². The second-order valence-electron chi connectivity index (χ2n) is 6.73. The van der Waals surface area contributed by atoms with Crippen molar-refractivity contribution in [3.63, 3.8) is 0 Å². The van der Waals surface area contributed by atoms with E-state index in [2.05, 4.69) is 16.5 Å². The molecule has 0 unspecified atom stereocenters. The summed E-state index contributed by atoms with van der Waals surface area (Å²) in [5.74, 6) is 0.698. The zero-order valence-corrected chi connectivity index (χ0v) is 16.2. The highest BCUT2D eigenvalue weighted by Gasteiger charge is 2.20. The summed E-state index contributed by atoms with van der Waals surface area (Å²) in [5.41, 5.74) is 1.19. The van der Waals surface area contributed by atoms with Gasteiger partial charge in [0, 0.05) is 30.8 Å². The van der Waals surface area contributed by atoms with Gasteiger partial charge in [-0.05, 0) is 38.4 Å². The molecule has 0 atom stereocenters. The molecule has 0 aromatic carbocycles. The molecular formula is C19H29N3O2S. The van der Waals surface area contributed by atoms with E-state index < -0.39 is 0 Å². The minimum Gasteiger partial charge on any atom is -0.339 e. The third kappa shape index (κ3) is 5.73. The maximum absolute atomic E-state index is 12.7. The van der Waals surface area contributed by atoms with Crippen molar-refractivity contribution in [1.82, 2.24) is 14.9 Å². The molecule has 1 fully saturated rings. The molecule has 1 heterocycles. The van der Waals surface area contributed by atoms with Crippen LogP contribution in [0.15, 0.2) is 22.6 Å². The van der Waals surface area contributed by atoms with Gasteiger partial charge in [-0.25, -0.2) is 4.98 Å². The molecule has 1 aromatic rings. The van der Waals surface area contributed by atoms with E-state index in [1.807, 2.05) is 18.1 Å². The van der Waals surface area contributed by atoms with E-state index in [0.29, 0.717) is 41.7 Å². The SMILES string of the molecule is C=CCN(CC1CCCCC1)C(=O)CCc1c(C)nc(SC)[nH]c1=O. The summed E-state index contributed by atoms with van der Waals surface area (Å²) in [5, 5.41) is 0.614. The van der Waals surface area contributed by atoms with Crippen LogP contribution in [0.25, 0.3) is 0 Å². The van der Waals surface area contributed by atoms with Crippen LogP contribution in [0, 0.1) is 12.8 Å². The fourth-order valence-electron chi connectivity index (χ4n) is 3.48. The molecule has 1 N–H and O–H groups in total. The van der Waals surface area contributed by atoms with Gasteiger partial charge in [-0.3, -0.25) is 9.59 Å². The molecule has 1 aliphatic rings. The maximum atomic E-state index is 12.7. The molecule has 5 nitrogen and oxygen atoms in total. The summed E-state index contributed by atoms with van der Waals surface area (Å²) in [6, 6.07) is 0. The van der Waals surface area contributed by atoms with Crippen LogP contribution in [0.2, 0.25) is 0 Å². The number of nitrogens with zero attached hydrogens (tertiary/aromatic N) is 2. The number of hydrogen-bond acceptors (Lipinski definition) is 4. The van der Waals surface area contributed by atoms with Gasteiger partial charge in [0.2, 0.25) is 5.91 Å². The predicted molar refractivity (Wildman–Crippen MR) is 103 cm³/mol. The largest absolute Gasteiger partial charge is 0.339 e. The molecule has 0 bridgehead atoms. The normalized spacial score (nSPS) is 15.1. The van der Waals surface area contributed by atoms with Crippen LogP contribution in [0.4, 0.5) is 0 Å². The van der Waals surface area contributed by atoms with E-state index in [9.17, 15) is 9.59 Å². The smallest absolute Gasteiger partial charge is 0.254 e. The quantitative estimate of drug-likeness (QED) is 0.437. The lowest BCUT2D eigenvalue weighted by Gasteiger charge is -2.29. The lowest BCUT2D eigenvalue weighted by atomic mass is 9.89. The van der Waals surface area contributed by atoms with Gasteiger partial charge in [0.25, 0.3) is 5.56 Å². The van der Waals surface area contributed by atoms with Crippen molar-refractivity contribution in [3.8, 4) is 0 Å². The van der Waals surface area contributed by atoms with Gasteiger partial charge >= 0.3 is 0 Å². The second kappa shape index (κ2) is 9.80. The molecule has 0 saturated heterocycles. The average molecular weight is 364 g/mol. The highest BCUT2D eigenvalue weighted by atomic mass is 32.2. The number of thioether (sulfide) groups is 1. The minimum absolute atomic E-state index is 0.0956. The van der Waals surface area contributed by atoms with E-state index in [4.69, 9.17) is 0 Å². The first-order valence-electron chi connectivity index (χ1n) is 9.07. The number of amides is 1. The van der Waals surface area contributed by atoms with Gasteiger partial charge in [0.05, 0.1) is 0 Å². The van der Waals surface area contributed by atoms with Crippen LogP contribution in [0.3, 0.4) is 0 Å². The molecule has 1 amide bonds. The van der Waals surface area contributed by atoms with Gasteiger partial charge in [0.1, 0.15) is 0 Å². The molecule has 0 spiro atoms. The monoisotopic (exact) mass is 363 g/mol. The number of carbonyl (C=O) groups excluding carboxylic acids is 1. The first-order valence-corrected chi connectivity index (χ1v) is 10.3. The number of rotatable bonds is 8. The zero-order chi connectivity index (χ0) is 18.2. The number of aromatic amines is 1. The molecule has 0 radical (unpaired) electrons. The van der Waals surface area contributed by atoms with E-state index in [1.54, 1.807) is 6.08 Å². The van der Waals surface area contributed by atoms with Crippen molar-refractivity contribution in [1.29, 1.82) is 0 Å². The van der Waals surface area contributed by atoms with Crippen LogP contribution in [0.5, 0.6) is 0 Å². The number of hydrogen-bond donors (Lipinski definition) is 1. The summed E-state index contributed by atoms with van der Waals surface area (Å²) < 4.78 is 0. The van der Waals surface area contributed by atoms with Crippen LogP contribution in [-0.2, 0) is 11.2 Å². The van der Waals surface area contributed by atoms with Crippen molar-refractivity contribution in [2.24, 2.45) is 5.92 Å². The van der Waals surface area contributed by atoms with Crippen molar-refractivity contribution in [2.45, 2.75) is 57.0 Å². The highest BCUT2D eigenvalue weighted by molar-refractivity contribution is 7.98. The first-order chi connectivity index (χ1) is 12.0. The van der Waals surface area contributed by atoms with Gasteiger partial charge in [-0.2, -0.15) is 0 Å². The summed E-state index contributed by atoms with van der Waals surface area (Å²) >= 11 is 1.41. The van der Waals surface area contributed by atoms with Crippen LogP contribution in [-0.4, -0.2) is 40.1 Å².